The normalized spacial score (nSPS) is 13.6. The van der Waals surface area contributed by atoms with Gasteiger partial charge in [0.15, 0.2) is 0 Å². The maximum absolute atomic E-state index is 9.39. The summed E-state index contributed by atoms with van der Waals surface area (Å²) in [6.45, 7) is 5.69. The van der Waals surface area contributed by atoms with Gasteiger partial charge in [0.05, 0.1) is 6.07 Å². The highest BCUT2D eigenvalue weighted by Crippen LogP contribution is 2.19. The number of nitrogens with one attached hydrogen (secondary N) is 1. The lowest BCUT2D eigenvalue weighted by atomic mass is 9.99. The van der Waals surface area contributed by atoms with E-state index in [1.165, 1.54) is 0 Å². The molecule has 1 unspecified atom stereocenters. The monoisotopic (exact) mass is 282 g/mol. The van der Waals surface area contributed by atoms with Crippen molar-refractivity contribution < 1.29 is 0 Å². The highest BCUT2D eigenvalue weighted by Gasteiger charge is 2.22. The highest BCUT2D eigenvalue weighted by atomic mass is 15.1. The zero-order chi connectivity index (χ0) is 15.1. The van der Waals surface area contributed by atoms with Gasteiger partial charge in [-0.05, 0) is 26.3 Å². The Balaban J connectivity index is 2.08. The summed E-state index contributed by atoms with van der Waals surface area (Å²) in [6, 6.07) is 12.5. The SMILES string of the molecule is CCCNC(C)(C#N)CCn1ccnc1-c1ccccc1. The lowest BCUT2D eigenvalue weighted by Crippen LogP contribution is -2.42. The Morgan fingerprint density at radius 2 is 2.10 bits per heavy atom. The van der Waals surface area contributed by atoms with E-state index >= 15 is 0 Å². The molecule has 1 aromatic heterocycles. The minimum absolute atomic E-state index is 0.492. The van der Waals surface area contributed by atoms with E-state index in [1.54, 1.807) is 0 Å². The van der Waals surface area contributed by atoms with Crippen LogP contribution in [-0.4, -0.2) is 21.6 Å². The molecule has 4 nitrogen and oxygen atoms in total. The van der Waals surface area contributed by atoms with Crippen LogP contribution in [0.3, 0.4) is 0 Å². The Hall–Kier alpha value is -2.12. The summed E-state index contributed by atoms with van der Waals surface area (Å²) in [5, 5.41) is 12.7. The number of imidazole rings is 1. The van der Waals surface area contributed by atoms with Gasteiger partial charge in [0.2, 0.25) is 0 Å². The average molecular weight is 282 g/mol. The van der Waals surface area contributed by atoms with Crippen LogP contribution < -0.4 is 5.32 Å². The van der Waals surface area contributed by atoms with Gasteiger partial charge in [0.1, 0.15) is 11.4 Å². The fourth-order valence-electron chi connectivity index (χ4n) is 2.27. The number of nitrogens with zero attached hydrogens (tertiary/aromatic N) is 3. The molecule has 0 saturated carbocycles. The molecular weight excluding hydrogens is 260 g/mol. The van der Waals surface area contributed by atoms with Gasteiger partial charge in [0.25, 0.3) is 0 Å². The molecule has 0 saturated heterocycles. The van der Waals surface area contributed by atoms with Crippen LogP contribution in [0.15, 0.2) is 42.7 Å². The van der Waals surface area contributed by atoms with Crippen molar-refractivity contribution in [3.05, 3.63) is 42.7 Å². The summed E-state index contributed by atoms with van der Waals surface area (Å²) >= 11 is 0. The lowest BCUT2D eigenvalue weighted by Gasteiger charge is -2.23. The van der Waals surface area contributed by atoms with E-state index in [9.17, 15) is 5.26 Å². The van der Waals surface area contributed by atoms with E-state index in [-0.39, 0.29) is 0 Å². The van der Waals surface area contributed by atoms with Gasteiger partial charge in [-0.3, -0.25) is 5.32 Å². The second kappa shape index (κ2) is 7.05. The third kappa shape index (κ3) is 3.93. The molecule has 0 aliphatic heterocycles. The van der Waals surface area contributed by atoms with Crippen molar-refractivity contribution in [1.29, 1.82) is 5.26 Å². The molecule has 0 fully saturated rings. The number of hydrogen-bond donors (Lipinski definition) is 1. The smallest absolute Gasteiger partial charge is 0.139 e. The summed E-state index contributed by atoms with van der Waals surface area (Å²) in [5.74, 6) is 0.950. The third-order valence-corrected chi connectivity index (χ3v) is 3.61. The summed E-state index contributed by atoms with van der Waals surface area (Å²) in [5.41, 5.74) is 0.608. The largest absolute Gasteiger partial charge is 0.331 e. The third-order valence-electron chi connectivity index (χ3n) is 3.61. The maximum Gasteiger partial charge on any atom is 0.139 e. The maximum atomic E-state index is 9.39. The van der Waals surface area contributed by atoms with Crippen molar-refractivity contribution in [2.75, 3.05) is 6.54 Å². The first-order valence-corrected chi connectivity index (χ1v) is 7.41. The number of rotatable bonds is 7. The Morgan fingerprint density at radius 3 is 2.76 bits per heavy atom. The lowest BCUT2D eigenvalue weighted by molar-refractivity contribution is 0.394. The molecule has 21 heavy (non-hydrogen) atoms. The predicted molar refractivity (Wildman–Crippen MR) is 84.6 cm³/mol. The Morgan fingerprint density at radius 1 is 1.33 bits per heavy atom. The molecule has 0 radical (unpaired) electrons. The van der Waals surface area contributed by atoms with Crippen LogP contribution in [0.4, 0.5) is 0 Å². The zero-order valence-electron chi connectivity index (χ0n) is 12.7. The fourth-order valence-corrected chi connectivity index (χ4v) is 2.27. The molecule has 0 amide bonds. The van der Waals surface area contributed by atoms with Gasteiger partial charge in [-0.1, -0.05) is 37.3 Å². The van der Waals surface area contributed by atoms with Crippen molar-refractivity contribution in [2.45, 2.75) is 38.8 Å². The van der Waals surface area contributed by atoms with E-state index in [1.807, 2.05) is 37.5 Å². The molecule has 1 heterocycles. The Bertz CT molecular complexity index is 597. The molecule has 1 aromatic carbocycles. The minimum atomic E-state index is -0.492. The van der Waals surface area contributed by atoms with Crippen LogP contribution in [0, 0.1) is 11.3 Å². The standard InChI is InChI=1S/C17H22N4/c1-3-10-20-17(2,14-18)9-12-21-13-11-19-16(21)15-7-5-4-6-8-15/h4-8,11,13,20H,3,9-10,12H2,1-2H3. The first-order chi connectivity index (χ1) is 10.2. The van der Waals surface area contributed by atoms with Crippen molar-refractivity contribution >= 4 is 0 Å². The summed E-state index contributed by atoms with van der Waals surface area (Å²) in [6.07, 6.45) is 5.56. The fraction of sp³-hybridized carbons (Fsp3) is 0.412. The van der Waals surface area contributed by atoms with Gasteiger partial charge in [-0.15, -0.1) is 0 Å². The molecular formula is C17H22N4. The number of aryl methyl sites for hydroxylation is 1. The minimum Gasteiger partial charge on any atom is -0.331 e. The predicted octanol–water partition coefficient (Wildman–Crippen LogP) is 3.22. The summed E-state index contributed by atoms with van der Waals surface area (Å²) in [4.78, 5) is 4.43. The van der Waals surface area contributed by atoms with Crippen LogP contribution in [0.2, 0.25) is 0 Å². The van der Waals surface area contributed by atoms with Gasteiger partial charge >= 0.3 is 0 Å². The number of nitriles is 1. The second-order valence-corrected chi connectivity index (χ2v) is 5.43. The molecule has 1 atom stereocenters. The van der Waals surface area contributed by atoms with E-state index in [4.69, 9.17) is 0 Å². The van der Waals surface area contributed by atoms with Gasteiger partial charge in [-0.25, -0.2) is 4.98 Å². The van der Waals surface area contributed by atoms with Crippen LogP contribution in [0.5, 0.6) is 0 Å². The van der Waals surface area contributed by atoms with E-state index in [0.29, 0.717) is 0 Å². The molecule has 1 N–H and O–H groups in total. The van der Waals surface area contributed by atoms with Crippen molar-refractivity contribution in [3.63, 3.8) is 0 Å². The molecule has 0 aliphatic rings. The second-order valence-electron chi connectivity index (χ2n) is 5.43. The number of aromatic nitrogens is 2. The van der Waals surface area contributed by atoms with Crippen molar-refractivity contribution in [1.82, 2.24) is 14.9 Å². The number of benzene rings is 1. The summed E-state index contributed by atoms with van der Waals surface area (Å²) < 4.78 is 2.11. The quantitative estimate of drug-likeness (QED) is 0.848. The molecule has 0 aliphatic carbocycles. The van der Waals surface area contributed by atoms with Crippen LogP contribution in [0.1, 0.15) is 26.7 Å². The topological polar surface area (TPSA) is 53.6 Å². The van der Waals surface area contributed by atoms with Gasteiger partial charge in [-0.2, -0.15) is 5.26 Å². The first kappa shape index (κ1) is 15.3. The zero-order valence-corrected chi connectivity index (χ0v) is 12.7. The van der Waals surface area contributed by atoms with Crippen LogP contribution in [-0.2, 0) is 6.54 Å². The molecule has 4 heteroatoms. The summed E-state index contributed by atoms with van der Waals surface area (Å²) in [7, 11) is 0. The van der Waals surface area contributed by atoms with E-state index in [2.05, 4.69) is 40.0 Å². The van der Waals surface area contributed by atoms with Gasteiger partial charge < -0.3 is 4.57 Å². The van der Waals surface area contributed by atoms with Crippen LogP contribution >= 0.6 is 0 Å². The first-order valence-electron chi connectivity index (χ1n) is 7.41. The molecule has 2 rings (SSSR count). The number of hydrogen-bond acceptors (Lipinski definition) is 3. The van der Waals surface area contributed by atoms with Crippen molar-refractivity contribution in [2.24, 2.45) is 0 Å². The average Bonchev–Trinajstić information content (AvgIpc) is 3.00. The molecule has 0 bridgehead atoms. The van der Waals surface area contributed by atoms with Crippen LogP contribution in [0.25, 0.3) is 11.4 Å². The highest BCUT2D eigenvalue weighted by molar-refractivity contribution is 5.55. The molecule has 0 spiro atoms. The van der Waals surface area contributed by atoms with E-state index < -0.39 is 5.54 Å². The Labute approximate surface area is 126 Å². The van der Waals surface area contributed by atoms with E-state index in [0.717, 1.165) is 37.3 Å². The molecule has 110 valence electrons. The van der Waals surface area contributed by atoms with Crippen molar-refractivity contribution in [3.8, 4) is 17.5 Å². The van der Waals surface area contributed by atoms with Gasteiger partial charge in [0, 0.05) is 24.5 Å². The Kier molecular flexibility index (Phi) is 5.13. The molecule has 2 aromatic rings.